The lowest BCUT2D eigenvalue weighted by atomic mass is 9.97. The van der Waals surface area contributed by atoms with Gasteiger partial charge < -0.3 is 0 Å². The van der Waals surface area contributed by atoms with E-state index in [-0.39, 0.29) is 0 Å². The maximum atomic E-state index is 11.4. The first-order valence-corrected chi connectivity index (χ1v) is 5.12. The highest BCUT2D eigenvalue weighted by Crippen LogP contribution is 2.17. The molecule has 0 aromatic rings. The number of Topliss-reactive ketones (excluding diaryl/α,β-unsaturated/α-hetero) is 1. The zero-order valence-electron chi connectivity index (χ0n) is 8.17. The number of ketones is 1. The van der Waals surface area contributed by atoms with Crippen molar-refractivity contribution in [3.8, 4) is 0 Å². The second-order valence-electron chi connectivity index (χ2n) is 3.70. The van der Waals surface area contributed by atoms with Crippen LogP contribution in [0.3, 0.4) is 0 Å². The summed E-state index contributed by atoms with van der Waals surface area (Å²) in [7, 11) is 0. The van der Waals surface area contributed by atoms with E-state index in [0.717, 1.165) is 32.1 Å². The number of rotatable bonds is 2. The zero-order chi connectivity index (χ0) is 9.52. The topological polar surface area (TPSA) is 17.1 Å². The minimum Gasteiger partial charge on any atom is -0.300 e. The second-order valence-corrected chi connectivity index (χ2v) is 3.70. The fourth-order valence-electron chi connectivity index (χ4n) is 1.71. The summed E-state index contributed by atoms with van der Waals surface area (Å²) in [5.74, 6) is 0.821. The average Bonchev–Trinajstić information content (AvgIpc) is 2.18. The van der Waals surface area contributed by atoms with Crippen molar-refractivity contribution in [2.45, 2.75) is 38.5 Å². The van der Waals surface area contributed by atoms with Crippen molar-refractivity contribution in [2.24, 2.45) is 5.92 Å². The summed E-state index contributed by atoms with van der Waals surface area (Å²) >= 11 is 0. The van der Waals surface area contributed by atoms with Crippen molar-refractivity contribution >= 4 is 5.78 Å². The second kappa shape index (κ2) is 5.74. The Morgan fingerprint density at radius 1 is 1.54 bits per heavy atom. The van der Waals surface area contributed by atoms with Gasteiger partial charge in [-0.1, -0.05) is 18.2 Å². The Morgan fingerprint density at radius 3 is 3.15 bits per heavy atom. The van der Waals surface area contributed by atoms with Crippen LogP contribution >= 0.6 is 0 Å². The first-order valence-electron chi connectivity index (χ1n) is 5.12. The molecule has 0 N–H and O–H groups in total. The Kier molecular flexibility index (Phi) is 4.52. The molecule has 1 nitrogen and oxygen atoms in total. The van der Waals surface area contributed by atoms with Crippen molar-refractivity contribution in [1.82, 2.24) is 0 Å². The molecule has 0 radical (unpaired) electrons. The van der Waals surface area contributed by atoms with Gasteiger partial charge in [-0.2, -0.15) is 0 Å². The van der Waals surface area contributed by atoms with Crippen LogP contribution in [0.15, 0.2) is 24.8 Å². The lowest BCUT2D eigenvalue weighted by Gasteiger charge is -2.07. The molecule has 13 heavy (non-hydrogen) atoms. The Hall–Kier alpha value is -0.850. The molecule has 0 bridgehead atoms. The van der Waals surface area contributed by atoms with E-state index in [4.69, 9.17) is 0 Å². The number of allylic oxidation sites excluding steroid dienone is 3. The molecule has 1 rings (SSSR count). The van der Waals surface area contributed by atoms with Crippen LogP contribution in [-0.2, 0) is 4.79 Å². The minimum atomic E-state index is 0.406. The van der Waals surface area contributed by atoms with Gasteiger partial charge in [-0.25, -0.2) is 0 Å². The largest absolute Gasteiger partial charge is 0.300 e. The van der Waals surface area contributed by atoms with Crippen molar-refractivity contribution in [2.75, 3.05) is 0 Å². The van der Waals surface area contributed by atoms with Gasteiger partial charge in [0.15, 0.2) is 0 Å². The molecule has 0 aromatic heterocycles. The standard InChI is InChI=1S/C12H18O/c1-2-7-11-8-5-3-4-6-9-12(13)10-11/h2,5,8,11H,1,3-4,6-7,9-10H2/b8-5+. The lowest BCUT2D eigenvalue weighted by Crippen LogP contribution is -2.04. The predicted octanol–water partition coefficient (Wildman–Crippen LogP) is 3.27. The molecule has 0 fully saturated rings. The van der Waals surface area contributed by atoms with Crippen LogP contribution in [0, 0.1) is 5.92 Å². The summed E-state index contributed by atoms with van der Waals surface area (Å²) in [4.78, 5) is 11.4. The SMILES string of the molecule is C=CCC1/C=C/CCCCC(=O)C1. The van der Waals surface area contributed by atoms with Gasteiger partial charge in [-0.05, 0) is 31.6 Å². The fraction of sp³-hybridized carbons (Fsp3) is 0.583. The third kappa shape index (κ3) is 4.07. The van der Waals surface area contributed by atoms with E-state index in [0.29, 0.717) is 18.1 Å². The highest BCUT2D eigenvalue weighted by Gasteiger charge is 2.10. The third-order valence-corrected chi connectivity index (χ3v) is 2.44. The summed E-state index contributed by atoms with van der Waals surface area (Å²) in [6.07, 6.45) is 12.1. The van der Waals surface area contributed by atoms with E-state index in [1.807, 2.05) is 6.08 Å². The molecule has 72 valence electrons. The molecule has 0 spiro atoms. The van der Waals surface area contributed by atoms with Crippen LogP contribution in [0.4, 0.5) is 0 Å². The highest BCUT2D eigenvalue weighted by molar-refractivity contribution is 5.78. The van der Waals surface area contributed by atoms with Crippen LogP contribution in [0.5, 0.6) is 0 Å². The summed E-state index contributed by atoms with van der Waals surface area (Å²) in [5.41, 5.74) is 0. The average molecular weight is 178 g/mol. The van der Waals surface area contributed by atoms with Gasteiger partial charge in [0, 0.05) is 12.8 Å². The monoisotopic (exact) mass is 178 g/mol. The molecule has 0 aromatic carbocycles. The normalized spacial score (nSPS) is 27.1. The van der Waals surface area contributed by atoms with Crippen LogP contribution < -0.4 is 0 Å². The van der Waals surface area contributed by atoms with Gasteiger partial charge in [-0.3, -0.25) is 4.79 Å². The van der Waals surface area contributed by atoms with E-state index in [9.17, 15) is 4.79 Å². The molecular weight excluding hydrogens is 160 g/mol. The predicted molar refractivity (Wildman–Crippen MR) is 55.5 cm³/mol. The van der Waals surface area contributed by atoms with E-state index in [1.54, 1.807) is 0 Å². The van der Waals surface area contributed by atoms with Gasteiger partial charge in [-0.15, -0.1) is 6.58 Å². The Balaban J connectivity index is 2.51. The van der Waals surface area contributed by atoms with Gasteiger partial charge in [0.1, 0.15) is 5.78 Å². The first-order chi connectivity index (χ1) is 6.33. The van der Waals surface area contributed by atoms with E-state index < -0.39 is 0 Å². The lowest BCUT2D eigenvalue weighted by molar-refractivity contribution is -0.119. The molecule has 1 atom stereocenters. The number of carbonyl (C=O) groups is 1. The Bertz CT molecular complexity index is 203. The van der Waals surface area contributed by atoms with E-state index >= 15 is 0 Å². The number of carbonyl (C=O) groups excluding carboxylic acids is 1. The maximum Gasteiger partial charge on any atom is 0.133 e. The quantitative estimate of drug-likeness (QED) is 0.593. The number of hydrogen-bond acceptors (Lipinski definition) is 1. The highest BCUT2D eigenvalue weighted by atomic mass is 16.1. The minimum absolute atomic E-state index is 0.406. The van der Waals surface area contributed by atoms with Crippen molar-refractivity contribution in [3.05, 3.63) is 24.8 Å². The molecule has 1 heteroatoms. The van der Waals surface area contributed by atoms with Gasteiger partial charge >= 0.3 is 0 Å². The molecule has 0 aliphatic heterocycles. The molecule has 1 unspecified atom stereocenters. The van der Waals surface area contributed by atoms with Crippen LogP contribution in [0.2, 0.25) is 0 Å². The number of hydrogen-bond donors (Lipinski definition) is 0. The first kappa shape index (κ1) is 10.2. The zero-order valence-corrected chi connectivity index (χ0v) is 8.17. The molecule has 0 heterocycles. The molecule has 1 aliphatic carbocycles. The molecule has 0 saturated heterocycles. The Labute approximate surface area is 80.5 Å². The van der Waals surface area contributed by atoms with Crippen LogP contribution in [0.1, 0.15) is 38.5 Å². The molecule has 1 aliphatic rings. The van der Waals surface area contributed by atoms with Crippen molar-refractivity contribution < 1.29 is 4.79 Å². The summed E-state index contributed by atoms with van der Waals surface area (Å²) in [6.45, 7) is 3.71. The summed E-state index contributed by atoms with van der Waals surface area (Å²) < 4.78 is 0. The van der Waals surface area contributed by atoms with Gasteiger partial charge in [0.05, 0.1) is 0 Å². The third-order valence-electron chi connectivity index (χ3n) is 2.44. The summed E-state index contributed by atoms with van der Waals surface area (Å²) in [6, 6.07) is 0. The van der Waals surface area contributed by atoms with Gasteiger partial charge in [0.25, 0.3) is 0 Å². The maximum absolute atomic E-state index is 11.4. The Morgan fingerprint density at radius 2 is 2.38 bits per heavy atom. The van der Waals surface area contributed by atoms with E-state index in [1.165, 1.54) is 0 Å². The van der Waals surface area contributed by atoms with Crippen molar-refractivity contribution in [3.63, 3.8) is 0 Å². The van der Waals surface area contributed by atoms with Crippen LogP contribution in [-0.4, -0.2) is 5.78 Å². The fourth-order valence-corrected chi connectivity index (χ4v) is 1.71. The van der Waals surface area contributed by atoms with Gasteiger partial charge in [0.2, 0.25) is 0 Å². The van der Waals surface area contributed by atoms with E-state index in [2.05, 4.69) is 18.7 Å². The van der Waals surface area contributed by atoms with Crippen molar-refractivity contribution in [1.29, 1.82) is 0 Å². The summed E-state index contributed by atoms with van der Waals surface area (Å²) in [5, 5.41) is 0. The smallest absolute Gasteiger partial charge is 0.133 e. The molecule has 0 saturated carbocycles. The molecular formula is C12H18O. The molecule has 0 amide bonds. The van der Waals surface area contributed by atoms with Crippen LogP contribution in [0.25, 0.3) is 0 Å².